The van der Waals surface area contributed by atoms with Gasteiger partial charge in [0.25, 0.3) is 0 Å². The first-order chi connectivity index (χ1) is 13.7. The highest BCUT2D eigenvalue weighted by molar-refractivity contribution is 7.89. The summed E-state index contributed by atoms with van der Waals surface area (Å²) in [7, 11) is -1.15. The molecule has 0 saturated carbocycles. The van der Waals surface area contributed by atoms with Gasteiger partial charge in [0.05, 0.1) is 7.11 Å². The number of carbonyl (C=O) groups is 2. The maximum absolute atomic E-state index is 13.1. The Hall–Kier alpha value is -2.36. The van der Waals surface area contributed by atoms with Gasteiger partial charge in [0.15, 0.2) is 0 Å². The van der Waals surface area contributed by atoms with Crippen molar-refractivity contribution in [3.63, 3.8) is 0 Å². The lowest BCUT2D eigenvalue weighted by molar-refractivity contribution is -0.124. The summed E-state index contributed by atoms with van der Waals surface area (Å²) in [6, 6.07) is 7.51. The van der Waals surface area contributed by atoms with Crippen LogP contribution in [0.1, 0.15) is 28.9 Å². The van der Waals surface area contributed by atoms with Gasteiger partial charge in [0, 0.05) is 31.4 Å². The first kappa shape index (κ1) is 21.4. The molecule has 1 aromatic carbocycles. The first-order valence-electron chi connectivity index (χ1n) is 9.02. The minimum Gasteiger partial charge on any atom is -0.464 e. The third-order valence-corrected chi connectivity index (χ3v) is 6.99. The van der Waals surface area contributed by atoms with Crippen LogP contribution in [0.25, 0.3) is 0 Å². The molecule has 0 aliphatic carbocycles. The fraction of sp³-hybridized carbons (Fsp3) is 0.368. The van der Waals surface area contributed by atoms with Gasteiger partial charge >= 0.3 is 5.97 Å². The number of nitrogens with zero attached hydrogens (tertiary/aromatic N) is 2. The van der Waals surface area contributed by atoms with Gasteiger partial charge in [-0.25, -0.2) is 13.2 Å². The Labute approximate surface area is 174 Å². The van der Waals surface area contributed by atoms with Crippen molar-refractivity contribution in [3.05, 3.63) is 52.8 Å². The molecule has 2 heterocycles. The van der Waals surface area contributed by atoms with E-state index in [-0.39, 0.29) is 29.6 Å². The molecule has 1 amide bonds. The van der Waals surface area contributed by atoms with Crippen molar-refractivity contribution in [1.82, 2.24) is 14.2 Å². The molecule has 1 N–H and O–H groups in total. The number of methoxy groups -OCH3 is 1. The molecule has 3 rings (SSSR count). The van der Waals surface area contributed by atoms with Crippen LogP contribution < -0.4 is 5.32 Å². The number of esters is 1. The van der Waals surface area contributed by atoms with Gasteiger partial charge in [0.1, 0.15) is 16.6 Å². The average Bonchev–Trinajstić information content (AvgIpc) is 3.34. The molecule has 0 unspecified atom stereocenters. The lowest BCUT2D eigenvalue weighted by Crippen LogP contribution is -2.45. The Morgan fingerprint density at radius 1 is 1.28 bits per heavy atom. The number of carbonyl (C=O) groups excluding carboxylic acids is 2. The minimum absolute atomic E-state index is 0.0437. The molecule has 1 aliphatic heterocycles. The number of nitrogens with one attached hydrogen (secondary N) is 1. The van der Waals surface area contributed by atoms with E-state index in [2.05, 4.69) is 10.1 Å². The predicted molar refractivity (Wildman–Crippen MR) is 107 cm³/mol. The maximum Gasteiger partial charge on any atom is 0.354 e. The SMILES string of the molecule is COC(=O)c1cc(S(=O)(=O)N2CCC[C@@H]2C(=O)NCc2ccc(Cl)cc2)cn1C. The van der Waals surface area contributed by atoms with Crippen molar-refractivity contribution in [1.29, 1.82) is 0 Å². The molecule has 1 aliphatic rings. The van der Waals surface area contributed by atoms with Gasteiger partial charge in [-0.05, 0) is 36.6 Å². The Morgan fingerprint density at radius 3 is 2.62 bits per heavy atom. The highest BCUT2D eigenvalue weighted by Gasteiger charge is 2.40. The van der Waals surface area contributed by atoms with Crippen molar-refractivity contribution < 1.29 is 22.7 Å². The zero-order valence-electron chi connectivity index (χ0n) is 16.1. The molecule has 1 saturated heterocycles. The number of rotatable bonds is 6. The maximum atomic E-state index is 13.1. The van der Waals surface area contributed by atoms with E-state index in [9.17, 15) is 18.0 Å². The molecule has 156 valence electrons. The van der Waals surface area contributed by atoms with Crippen LogP contribution in [0.3, 0.4) is 0 Å². The smallest absolute Gasteiger partial charge is 0.354 e. The number of hydrogen-bond donors (Lipinski definition) is 1. The van der Waals surface area contributed by atoms with Crippen LogP contribution >= 0.6 is 11.6 Å². The molecule has 1 fully saturated rings. The summed E-state index contributed by atoms with van der Waals surface area (Å²) in [4.78, 5) is 24.4. The number of amides is 1. The second-order valence-electron chi connectivity index (χ2n) is 6.78. The van der Waals surface area contributed by atoms with E-state index in [1.165, 1.54) is 28.2 Å². The minimum atomic E-state index is -3.94. The summed E-state index contributed by atoms with van der Waals surface area (Å²) < 4.78 is 33.5. The van der Waals surface area contributed by atoms with Crippen LogP contribution in [0.15, 0.2) is 41.4 Å². The normalized spacial score (nSPS) is 17.3. The lowest BCUT2D eigenvalue weighted by atomic mass is 10.2. The zero-order chi connectivity index (χ0) is 21.2. The summed E-state index contributed by atoms with van der Waals surface area (Å²) in [6.45, 7) is 0.516. The number of benzene rings is 1. The number of hydrogen-bond acceptors (Lipinski definition) is 5. The fourth-order valence-corrected chi connectivity index (χ4v) is 5.17. The summed E-state index contributed by atoms with van der Waals surface area (Å²) in [6.07, 6.45) is 2.36. The summed E-state index contributed by atoms with van der Waals surface area (Å²) >= 11 is 5.86. The molecule has 10 heteroatoms. The molecule has 0 radical (unpaired) electrons. The molecule has 2 aromatic rings. The highest BCUT2D eigenvalue weighted by atomic mass is 35.5. The van der Waals surface area contributed by atoms with E-state index in [0.29, 0.717) is 17.9 Å². The largest absolute Gasteiger partial charge is 0.464 e. The second-order valence-corrected chi connectivity index (χ2v) is 9.11. The quantitative estimate of drug-likeness (QED) is 0.693. The Kier molecular flexibility index (Phi) is 6.30. The van der Waals surface area contributed by atoms with Gasteiger partial charge in [-0.1, -0.05) is 23.7 Å². The van der Waals surface area contributed by atoms with Crippen LogP contribution in [-0.2, 0) is 33.1 Å². The lowest BCUT2D eigenvalue weighted by Gasteiger charge is -2.23. The zero-order valence-corrected chi connectivity index (χ0v) is 17.7. The Bertz CT molecular complexity index is 1020. The standard InChI is InChI=1S/C19H22ClN3O5S/c1-22-12-15(10-17(22)19(25)28-2)29(26,27)23-9-3-4-16(23)18(24)21-11-13-5-7-14(20)8-6-13/h5-8,10,12,16H,3-4,9,11H2,1-2H3,(H,21,24)/t16-/m1/s1. The van der Waals surface area contributed by atoms with E-state index >= 15 is 0 Å². The number of halogens is 1. The van der Waals surface area contributed by atoms with Crippen LogP contribution in [0.2, 0.25) is 5.02 Å². The van der Waals surface area contributed by atoms with Crippen LogP contribution in [-0.4, -0.2) is 48.9 Å². The van der Waals surface area contributed by atoms with Crippen molar-refractivity contribution >= 4 is 33.5 Å². The molecular weight excluding hydrogens is 418 g/mol. The molecule has 0 spiro atoms. The van der Waals surface area contributed by atoms with Gasteiger partial charge in [-0.2, -0.15) is 4.31 Å². The summed E-state index contributed by atoms with van der Waals surface area (Å²) in [5, 5.41) is 3.39. The van der Waals surface area contributed by atoms with E-state index in [0.717, 1.165) is 5.56 Å². The van der Waals surface area contributed by atoms with Gasteiger partial charge < -0.3 is 14.6 Å². The average molecular weight is 440 g/mol. The van der Waals surface area contributed by atoms with Gasteiger partial charge in [-0.3, -0.25) is 4.79 Å². The Morgan fingerprint density at radius 2 is 1.97 bits per heavy atom. The third kappa shape index (κ3) is 4.47. The van der Waals surface area contributed by atoms with E-state index in [4.69, 9.17) is 11.6 Å². The fourth-order valence-electron chi connectivity index (χ4n) is 3.32. The number of sulfonamides is 1. The molecule has 8 nitrogen and oxygen atoms in total. The van der Waals surface area contributed by atoms with Crippen LogP contribution in [0.5, 0.6) is 0 Å². The number of aryl methyl sites for hydroxylation is 1. The predicted octanol–water partition coefficient (Wildman–Crippen LogP) is 1.93. The first-order valence-corrected chi connectivity index (χ1v) is 10.8. The molecule has 0 bridgehead atoms. The van der Waals surface area contributed by atoms with Gasteiger partial charge in [-0.15, -0.1) is 0 Å². The van der Waals surface area contributed by atoms with E-state index in [1.54, 1.807) is 31.3 Å². The van der Waals surface area contributed by atoms with E-state index < -0.39 is 22.0 Å². The van der Waals surface area contributed by atoms with Crippen molar-refractivity contribution in [2.45, 2.75) is 30.3 Å². The molecular formula is C19H22ClN3O5S. The molecule has 1 atom stereocenters. The van der Waals surface area contributed by atoms with Crippen LogP contribution in [0, 0.1) is 0 Å². The summed E-state index contributed by atoms with van der Waals surface area (Å²) in [5.74, 6) is -0.988. The monoisotopic (exact) mass is 439 g/mol. The highest BCUT2D eigenvalue weighted by Crippen LogP contribution is 2.27. The van der Waals surface area contributed by atoms with Crippen molar-refractivity contribution in [2.75, 3.05) is 13.7 Å². The Balaban J connectivity index is 1.76. The molecule has 29 heavy (non-hydrogen) atoms. The number of aromatic nitrogens is 1. The van der Waals surface area contributed by atoms with Crippen molar-refractivity contribution in [3.8, 4) is 0 Å². The van der Waals surface area contributed by atoms with Crippen LogP contribution in [0.4, 0.5) is 0 Å². The number of ether oxygens (including phenoxy) is 1. The summed E-state index contributed by atoms with van der Waals surface area (Å²) in [5.41, 5.74) is 0.981. The molecule has 1 aromatic heterocycles. The second kappa shape index (κ2) is 8.56. The third-order valence-electron chi connectivity index (χ3n) is 4.87. The topological polar surface area (TPSA) is 97.7 Å². The van der Waals surface area contributed by atoms with E-state index in [1.807, 2.05) is 0 Å². The van der Waals surface area contributed by atoms with Crippen molar-refractivity contribution in [2.24, 2.45) is 7.05 Å². The van der Waals surface area contributed by atoms with Gasteiger partial charge in [0.2, 0.25) is 15.9 Å².